The first-order valence-corrected chi connectivity index (χ1v) is 5.70. The molecule has 0 spiro atoms. The van der Waals surface area contributed by atoms with Crippen molar-refractivity contribution in [3.05, 3.63) is 58.6 Å². The van der Waals surface area contributed by atoms with E-state index in [1.807, 2.05) is 0 Å². The van der Waals surface area contributed by atoms with Gasteiger partial charge in [0, 0.05) is 12.3 Å². The van der Waals surface area contributed by atoms with Crippen LogP contribution in [0.4, 0.5) is 4.39 Å². The predicted octanol–water partition coefficient (Wildman–Crippen LogP) is 3.15. The molecule has 0 amide bonds. The van der Waals surface area contributed by atoms with Crippen LogP contribution in [0, 0.1) is 5.82 Å². The summed E-state index contributed by atoms with van der Waals surface area (Å²) in [5, 5.41) is 8.74. The molecule has 0 fully saturated rings. The fraction of sp³-hybridized carbons (Fsp3) is 0.0769. The van der Waals surface area contributed by atoms with Crippen LogP contribution in [0.15, 0.2) is 36.5 Å². The molecule has 2 aromatic rings. The van der Waals surface area contributed by atoms with Gasteiger partial charge < -0.3 is 9.84 Å². The quantitative estimate of drug-likeness (QED) is 0.935. The largest absolute Gasteiger partial charge is 0.487 e. The van der Waals surface area contributed by atoms with Crippen LogP contribution in [0.3, 0.4) is 0 Å². The molecule has 1 N–H and O–H groups in total. The molecular formula is C13H9ClFNO3. The smallest absolute Gasteiger partial charge is 0.337 e. The number of hydrogen-bond acceptors (Lipinski definition) is 3. The highest BCUT2D eigenvalue weighted by Gasteiger charge is 2.05. The maximum Gasteiger partial charge on any atom is 0.337 e. The van der Waals surface area contributed by atoms with Crippen molar-refractivity contribution in [1.29, 1.82) is 0 Å². The summed E-state index contributed by atoms with van der Waals surface area (Å²) in [5.41, 5.74) is 0.640. The van der Waals surface area contributed by atoms with Crippen LogP contribution >= 0.6 is 11.6 Å². The van der Waals surface area contributed by atoms with Crippen LogP contribution in [-0.4, -0.2) is 16.1 Å². The Bertz CT molecular complexity index is 601. The lowest BCUT2D eigenvalue weighted by Gasteiger charge is -2.06. The summed E-state index contributed by atoms with van der Waals surface area (Å²) >= 11 is 5.55. The Balaban J connectivity index is 2.01. The zero-order chi connectivity index (χ0) is 13.8. The van der Waals surface area contributed by atoms with Gasteiger partial charge in [-0.1, -0.05) is 11.6 Å². The number of carboxylic acids is 1. The number of benzene rings is 1. The lowest BCUT2D eigenvalue weighted by atomic mass is 10.2. The van der Waals surface area contributed by atoms with E-state index < -0.39 is 11.8 Å². The lowest BCUT2D eigenvalue weighted by molar-refractivity contribution is 0.0696. The van der Waals surface area contributed by atoms with Gasteiger partial charge in [-0.2, -0.15) is 0 Å². The van der Waals surface area contributed by atoms with E-state index in [0.717, 1.165) is 0 Å². The second-order valence-electron chi connectivity index (χ2n) is 3.71. The molecule has 2 rings (SSSR count). The molecule has 98 valence electrons. The van der Waals surface area contributed by atoms with Gasteiger partial charge in [-0.05, 0) is 24.3 Å². The van der Waals surface area contributed by atoms with Crippen molar-refractivity contribution < 1.29 is 19.0 Å². The molecule has 0 aliphatic rings. The van der Waals surface area contributed by atoms with Crippen molar-refractivity contribution in [2.24, 2.45) is 0 Å². The summed E-state index contributed by atoms with van der Waals surface area (Å²) in [6.07, 6.45) is 1.24. The Kier molecular flexibility index (Phi) is 3.97. The maximum atomic E-state index is 13.2. The van der Waals surface area contributed by atoms with Gasteiger partial charge in [-0.25, -0.2) is 9.18 Å². The standard InChI is InChI=1S/C13H9ClFNO3/c14-11-4-3-10(5-12(11)15)19-7-9-2-1-8(6-16-9)13(17)18/h1-6H,7H2,(H,17,18). The third-order valence-electron chi connectivity index (χ3n) is 2.35. The normalized spacial score (nSPS) is 10.2. The van der Waals surface area contributed by atoms with Gasteiger partial charge in [-0.15, -0.1) is 0 Å². The fourth-order valence-electron chi connectivity index (χ4n) is 1.36. The molecule has 1 aromatic carbocycles. The highest BCUT2D eigenvalue weighted by atomic mass is 35.5. The summed E-state index contributed by atoms with van der Waals surface area (Å²) in [7, 11) is 0. The van der Waals surface area contributed by atoms with Crippen LogP contribution in [0.2, 0.25) is 5.02 Å². The van der Waals surface area contributed by atoms with Crippen molar-refractivity contribution in [3.8, 4) is 5.75 Å². The first-order valence-electron chi connectivity index (χ1n) is 5.32. The predicted molar refractivity (Wildman–Crippen MR) is 66.9 cm³/mol. The van der Waals surface area contributed by atoms with Crippen molar-refractivity contribution in [2.45, 2.75) is 6.61 Å². The minimum Gasteiger partial charge on any atom is -0.487 e. The lowest BCUT2D eigenvalue weighted by Crippen LogP contribution is -2.01. The second-order valence-corrected chi connectivity index (χ2v) is 4.12. The topological polar surface area (TPSA) is 59.4 Å². The van der Waals surface area contributed by atoms with E-state index in [-0.39, 0.29) is 17.2 Å². The molecule has 19 heavy (non-hydrogen) atoms. The molecular weight excluding hydrogens is 273 g/mol. The van der Waals surface area contributed by atoms with E-state index in [1.54, 1.807) is 0 Å². The van der Waals surface area contributed by atoms with Gasteiger partial charge in [0.15, 0.2) is 0 Å². The van der Waals surface area contributed by atoms with Gasteiger partial charge in [0.25, 0.3) is 0 Å². The Hall–Kier alpha value is -2.14. The zero-order valence-electron chi connectivity index (χ0n) is 9.64. The fourth-order valence-corrected chi connectivity index (χ4v) is 1.48. The van der Waals surface area contributed by atoms with Gasteiger partial charge in [-0.3, -0.25) is 4.98 Å². The van der Waals surface area contributed by atoms with Crippen molar-refractivity contribution in [1.82, 2.24) is 4.98 Å². The average molecular weight is 282 g/mol. The van der Waals surface area contributed by atoms with E-state index in [9.17, 15) is 9.18 Å². The minimum absolute atomic E-state index is 0.0243. The first kappa shape index (κ1) is 13.3. The summed E-state index contributed by atoms with van der Waals surface area (Å²) in [6.45, 7) is 0.112. The van der Waals surface area contributed by atoms with Crippen molar-refractivity contribution >= 4 is 17.6 Å². The number of ether oxygens (including phenoxy) is 1. The first-order chi connectivity index (χ1) is 9.06. The van der Waals surface area contributed by atoms with Gasteiger partial charge in [0.05, 0.1) is 16.3 Å². The third-order valence-corrected chi connectivity index (χ3v) is 2.66. The second kappa shape index (κ2) is 5.67. The number of nitrogens with zero attached hydrogens (tertiary/aromatic N) is 1. The third kappa shape index (κ3) is 3.42. The van der Waals surface area contributed by atoms with E-state index in [2.05, 4.69) is 4.98 Å². The monoisotopic (exact) mass is 281 g/mol. The minimum atomic E-state index is -1.04. The van der Waals surface area contributed by atoms with E-state index in [0.29, 0.717) is 11.4 Å². The number of halogens is 2. The van der Waals surface area contributed by atoms with Crippen LogP contribution in [0.25, 0.3) is 0 Å². The summed E-state index contributed by atoms with van der Waals surface area (Å²) in [4.78, 5) is 14.6. The maximum absolute atomic E-state index is 13.2. The number of carboxylic acid groups (broad SMARTS) is 1. The number of aromatic carboxylic acids is 1. The van der Waals surface area contributed by atoms with E-state index in [4.69, 9.17) is 21.4 Å². The van der Waals surface area contributed by atoms with Crippen LogP contribution < -0.4 is 4.74 Å². The van der Waals surface area contributed by atoms with Crippen molar-refractivity contribution in [3.63, 3.8) is 0 Å². The molecule has 0 saturated carbocycles. The molecule has 0 bridgehead atoms. The summed E-state index contributed by atoms with van der Waals surface area (Å²) in [6, 6.07) is 7.07. The molecule has 0 aliphatic carbocycles. The number of pyridine rings is 1. The average Bonchev–Trinajstić information content (AvgIpc) is 2.40. The molecule has 0 atom stereocenters. The van der Waals surface area contributed by atoms with Gasteiger partial charge >= 0.3 is 5.97 Å². The molecule has 1 aromatic heterocycles. The van der Waals surface area contributed by atoms with E-state index >= 15 is 0 Å². The Morgan fingerprint density at radius 1 is 1.37 bits per heavy atom. The molecule has 1 heterocycles. The Morgan fingerprint density at radius 2 is 2.16 bits per heavy atom. The van der Waals surface area contributed by atoms with E-state index in [1.165, 1.54) is 36.5 Å². The molecule has 4 nitrogen and oxygen atoms in total. The van der Waals surface area contributed by atoms with Crippen LogP contribution in [-0.2, 0) is 6.61 Å². The summed E-state index contributed by atoms with van der Waals surface area (Å²) < 4.78 is 18.5. The van der Waals surface area contributed by atoms with Gasteiger partial charge in [0.2, 0.25) is 0 Å². The zero-order valence-corrected chi connectivity index (χ0v) is 10.4. The Labute approximate surface area is 113 Å². The molecule has 0 saturated heterocycles. The van der Waals surface area contributed by atoms with Crippen LogP contribution in [0.5, 0.6) is 5.75 Å². The highest BCUT2D eigenvalue weighted by Crippen LogP contribution is 2.20. The number of hydrogen-bond donors (Lipinski definition) is 1. The molecule has 6 heteroatoms. The highest BCUT2D eigenvalue weighted by molar-refractivity contribution is 6.30. The Morgan fingerprint density at radius 3 is 2.74 bits per heavy atom. The number of aromatic nitrogens is 1. The molecule has 0 unspecified atom stereocenters. The summed E-state index contributed by atoms with van der Waals surface area (Å²) in [5.74, 6) is -1.28. The number of rotatable bonds is 4. The van der Waals surface area contributed by atoms with Gasteiger partial charge in [0.1, 0.15) is 18.2 Å². The number of carbonyl (C=O) groups is 1. The molecule has 0 aliphatic heterocycles. The SMILES string of the molecule is O=C(O)c1ccc(COc2ccc(Cl)c(F)c2)nc1. The molecule has 0 radical (unpaired) electrons. The van der Waals surface area contributed by atoms with Crippen molar-refractivity contribution in [2.75, 3.05) is 0 Å². The van der Waals surface area contributed by atoms with Crippen LogP contribution in [0.1, 0.15) is 16.1 Å².